The molecule has 1 amide bonds. The van der Waals surface area contributed by atoms with Crippen molar-refractivity contribution in [1.29, 1.82) is 0 Å². The normalized spacial score (nSPS) is 10.9. The number of benzene rings is 3. The van der Waals surface area contributed by atoms with Crippen molar-refractivity contribution in [3.8, 4) is 0 Å². The minimum absolute atomic E-state index is 0.0699. The number of thiocarbonyl (C=S) groups is 1. The summed E-state index contributed by atoms with van der Waals surface area (Å²) in [5.74, 6) is -2.36. The van der Waals surface area contributed by atoms with Gasteiger partial charge in [0.1, 0.15) is 11.6 Å². The first-order valence-electron chi connectivity index (χ1n) is 8.57. The molecular weight excluding hydrogens is 396 g/mol. The Labute approximate surface area is 171 Å². The summed E-state index contributed by atoms with van der Waals surface area (Å²) in [6, 6.07) is 19.8. The highest BCUT2D eigenvalue weighted by molar-refractivity contribution is 7.80. The van der Waals surface area contributed by atoms with Gasteiger partial charge in [0.25, 0.3) is 5.91 Å². The van der Waals surface area contributed by atoms with Crippen LogP contribution in [0, 0.1) is 11.6 Å². The number of aliphatic hydroxyl groups is 1. The first-order valence-corrected chi connectivity index (χ1v) is 8.98. The predicted molar refractivity (Wildman–Crippen MR) is 110 cm³/mol. The molecule has 0 aliphatic heterocycles. The highest BCUT2D eigenvalue weighted by Gasteiger charge is 2.40. The molecule has 0 atom stereocenters. The SMILES string of the molecule is O=C(NNC(=S)Nc1ccc(F)cc1F)C(O)(c1ccccc1)c1ccccc1. The maximum atomic E-state index is 13.7. The van der Waals surface area contributed by atoms with E-state index in [1.807, 2.05) is 0 Å². The molecule has 148 valence electrons. The standard InChI is InChI=1S/C21H17F2N3O2S/c22-16-11-12-18(17(23)13-16)24-20(29)26-25-19(27)21(28,14-7-3-1-4-8-14)15-9-5-2-6-10-15/h1-13,28H,(H,25,27)(H2,24,26,29). The fraction of sp³-hybridized carbons (Fsp3) is 0.0476. The molecule has 3 aromatic carbocycles. The third kappa shape index (κ3) is 4.56. The van der Waals surface area contributed by atoms with E-state index in [2.05, 4.69) is 16.2 Å². The first kappa shape index (κ1) is 20.4. The third-order valence-electron chi connectivity index (χ3n) is 4.18. The van der Waals surface area contributed by atoms with E-state index in [0.717, 1.165) is 6.07 Å². The van der Waals surface area contributed by atoms with Gasteiger partial charge in [-0.3, -0.25) is 15.6 Å². The number of halogens is 2. The largest absolute Gasteiger partial charge is 0.372 e. The zero-order valence-electron chi connectivity index (χ0n) is 15.0. The molecule has 8 heteroatoms. The Hall–Kier alpha value is -3.36. The molecule has 0 unspecified atom stereocenters. The van der Waals surface area contributed by atoms with Crippen molar-refractivity contribution in [2.75, 3.05) is 5.32 Å². The molecule has 0 aliphatic rings. The summed E-state index contributed by atoms with van der Waals surface area (Å²) in [6.07, 6.45) is 0. The number of nitrogens with one attached hydrogen (secondary N) is 3. The number of hydrogen-bond donors (Lipinski definition) is 4. The van der Waals surface area contributed by atoms with Gasteiger partial charge >= 0.3 is 0 Å². The fourth-order valence-corrected chi connectivity index (χ4v) is 2.90. The molecule has 0 radical (unpaired) electrons. The Morgan fingerprint density at radius 2 is 1.41 bits per heavy atom. The maximum absolute atomic E-state index is 13.7. The van der Waals surface area contributed by atoms with Crippen LogP contribution in [0.15, 0.2) is 78.9 Å². The van der Waals surface area contributed by atoms with Crippen LogP contribution in [-0.4, -0.2) is 16.1 Å². The van der Waals surface area contributed by atoms with Gasteiger partial charge in [0.2, 0.25) is 0 Å². The zero-order chi connectivity index (χ0) is 20.9. The number of amides is 1. The lowest BCUT2D eigenvalue weighted by atomic mass is 9.85. The molecule has 4 N–H and O–H groups in total. The van der Waals surface area contributed by atoms with Crippen LogP contribution >= 0.6 is 12.2 Å². The lowest BCUT2D eigenvalue weighted by Gasteiger charge is -2.28. The van der Waals surface area contributed by atoms with E-state index < -0.39 is 23.1 Å². The second-order valence-corrected chi connectivity index (χ2v) is 6.51. The van der Waals surface area contributed by atoms with Gasteiger partial charge in [-0.1, -0.05) is 60.7 Å². The van der Waals surface area contributed by atoms with Crippen LogP contribution in [0.3, 0.4) is 0 Å². The lowest BCUT2D eigenvalue weighted by Crippen LogP contribution is -2.53. The van der Waals surface area contributed by atoms with Crippen LogP contribution in [0.25, 0.3) is 0 Å². The highest BCUT2D eigenvalue weighted by atomic mass is 32.1. The summed E-state index contributed by atoms with van der Waals surface area (Å²) < 4.78 is 26.7. The van der Waals surface area contributed by atoms with Gasteiger partial charge in [-0.2, -0.15) is 0 Å². The quantitative estimate of drug-likeness (QED) is 0.391. The lowest BCUT2D eigenvalue weighted by molar-refractivity contribution is -0.137. The molecule has 0 aliphatic carbocycles. The molecule has 0 bridgehead atoms. The number of hydrogen-bond acceptors (Lipinski definition) is 3. The molecule has 0 saturated heterocycles. The van der Waals surface area contributed by atoms with Crippen molar-refractivity contribution in [3.05, 3.63) is 102 Å². The van der Waals surface area contributed by atoms with Crippen LogP contribution in [-0.2, 0) is 10.4 Å². The second kappa shape index (κ2) is 8.76. The smallest absolute Gasteiger partial charge is 0.279 e. The monoisotopic (exact) mass is 413 g/mol. The van der Waals surface area contributed by atoms with Gasteiger partial charge in [0.15, 0.2) is 10.7 Å². The zero-order valence-corrected chi connectivity index (χ0v) is 15.8. The fourth-order valence-electron chi connectivity index (χ4n) is 2.74. The van der Waals surface area contributed by atoms with E-state index in [4.69, 9.17) is 12.2 Å². The molecule has 0 spiro atoms. The molecule has 0 heterocycles. The molecule has 0 saturated carbocycles. The van der Waals surface area contributed by atoms with E-state index in [0.29, 0.717) is 17.2 Å². The summed E-state index contributed by atoms with van der Waals surface area (Å²) in [4.78, 5) is 12.9. The number of anilines is 1. The minimum atomic E-state index is -1.99. The Kier molecular flexibility index (Phi) is 6.16. The van der Waals surface area contributed by atoms with Gasteiger partial charge in [-0.15, -0.1) is 0 Å². The van der Waals surface area contributed by atoms with Gasteiger partial charge in [0.05, 0.1) is 5.69 Å². The van der Waals surface area contributed by atoms with Crippen molar-refractivity contribution in [1.82, 2.24) is 10.9 Å². The summed E-state index contributed by atoms with van der Waals surface area (Å²) in [7, 11) is 0. The van der Waals surface area contributed by atoms with Crippen molar-refractivity contribution >= 4 is 28.9 Å². The second-order valence-electron chi connectivity index (χ2n) is 6.10. The number of rotatable bonds is 4. The molecule has 0 aromatic heterocycles. The van der Waals surface area contributed by atoms with Crippen LogP contribution in [0.4, 0.5) is 14.5 Å². The van der Waals surface area contributed by atoms with E-state index in [9.17, 15) is 18.7 Å². The number of carbonyl (C=O) groups is 1. The Bertz CT molecular complexity index is 977. The number of carbonyl (C=O) groups excluding carboxylic acids is 1. The van der Waals surface area contributed by atoms with E-state index >= 15 is 0 Å². The van der Waals surface area contributed by atoms with Crippen LogP contribution in [0.2, 0.25) is 0 Å². The Morgan fingerprint density at radius 1 is 0.862 bits per heavy atom. The van der Waals surface area contributed by atoms with Crippen molar-refractivity contribution in [3.63, 3.8) is 0 Å². The van der Waals surface area contributed by atoms with Crippen LogP contribution < -0.4 is 16.2 Å². The third-order valence-corrected chi connectivity index (χ3v) is 4.38. The Morgan fingerprint density at radius 3 is 1.93 bits per heavy atom. The average Bonchev–Trinajstić information content (AvgIpc) is 2.74. The molecular formula is C21H17F2N3O2S. The van der Waals surface area contributed by atoms with Crippen LogP contribution in [0.1, 0.15) is 11.1 Å². The molecule has 3 rings (SSSR count). The average molecular weight is 413 g/mol. The topological polar surface area (TPSA) is 73.4 Å². The van der Waals surface area contributed by atoms with Crippen molar-refractivity contribution in [2.45, 2.75) is 5.60 Å². The predicted octanol–water partition coefficient (Wildman–Crippen LogP) is 3.22. The van der Waals surface area contributed by atoms with E-state index in [1.54, 1.807) is 60.7 Å². The van der Waals surface area contributed by atoms with Gasteiger partial charge in [0, 0.05) is 6.07 Å². The van der Waals surface area contributed by atoms with E-state index in [1.165, 1.54) is 6.07 Å². The van der Waals surface area contributed by atoms with Crippen molar-refractivity contribution < 1.29 is 18.7 Å². The van der Waals surface area contributed by atoms with Gasteiger partial charge in [-0.05, 0) is 35.5 Å². The minimum Gasteiger partial charge on any atom is -0.372 e. The molecule has 29 heavy (non-hydrogen) atoms. The van der Waals surface area contributed by atoms with Gasteiger partial charge in [-0.25, -0.2) is 8.78 Å². The Balaban J connectivity index is 1.76. The summed E-state index contributed by atoms with van der Waals surface area (Å²) in [5.41, 5.74) is 3.40. The molecule has 5 nitrogen and oxygen atoms in total. The maximum Gasteiger partial charge on any atom is 0.279 e. The molecule has 3 aromatic rings. The van der Waals surface area contributed by atoms with E-state index in [-0.39, 0.29) is 10.8 Å². The summed E-state index contributed by atoms with van der Waals surface area (Å²) in [5, 5.41) is 13.6. The van der Waals surface area contributed by atoms with Crippen molar-refractivity contribution in [2.24, 2.45) is 0 Å². The molecule has 0 fully saturated rings. The summed E-state index contributed by atoms with van der Waals surface area (Å²) >= 11 is 5.02. The first-order chi connectivity index (χ1) is 13.9. The number of hydrazine groups is 1. The van der Waals surface area contributed by atoms with Crippen LogP contribution in [0.5, 0.6) is 0 Å². The van der Waals surface area contributed by atoms with Gasteiger partial charge < -0.3 is 10.4 Å². The summed E-state index contributed by atoms with van der Waals surface area (Å²) in [6.45, 7) is 0. The highest BCUT2D eigenvalue weighted by Crippen LogP contribution is 2.29.